The molecule has 0 spiro atoms. The van der Waals surface area contributed by atoms with Gasteiger partial charge in [-0.25, -0.2) is 13.6 Å². The maximum absolute atomic E-state index is 11.3. The van der Waals surface area contributed by atoms with Crippen LogP contribution in [0.3, 0.4) is 0 Å². The minimum absolute atomic E-state index is 0.0267. The number of hydrogen-bond acceptors (Lipinski definition) is 7. The quantitative estimate of drug-likeness (QED) is 0.753. The summed E-state index contributed by atoms with van der Waals surface area (Å²) in [6.45, 7) is 1.20. The lowest BCUT2D eigenvalue weighted by Gasteiger charge is -2.15. The zero-order chi connectivity index (χ0) is 17.4. The van der Waals surface area contributed by atoms with Crippen molar-refractivity contribution in [3.8, 4) is 22.8 Å². The van der Waals surface area contributed by atoms with Crippen LogP contribution >= 0.6 is 0 Å². The van der Waals surface area contributed by atoms with E-state index in [4.69, 9.17) is 14.4 Å². The van der Waals surface area contributed by atoms with Gasteiger partial charge in [-0.15, -0.1) is 0 Å². The lowest BCUT2D eigenvalue weighted by molar-refractivity contribution is 0.109. The smallest absolute Gasteiger partial charge is 0.259 e. The summed E-state index contributed by atoms with van der Waals surface area (Å²) in [5, 5.41) is 9.03. The second kappa shape index (κ2) is 6.03. The van der Waals surface area contributed by atoms with Gasteiger partial charge in [0, 0.05) is 29.4 Å². The van der Waals surface area contributed by atoms with E-state index < -0.39 is 10.0 Å². The molecule has 0 aliphatic carbocycles. The Labute approximate surface area is 143 Å². The van der Waals surface area contributed by atoms with Gasteiger partial charge in [0.25, 0.3) is 5.89 Å². The zero-order valence-electron chi connectivity index (χ0n) is 13.0. The van der Waals surface area contributed by atoms with Gasteiger partial charge in [-0.2, -0.15) is 4.98 Å². The molecule has 128 valence electrons. The summed E-state index contributed by atoms with van der Waals surface area (Å²) in [5.41, 5.74) is 3.37. The van der Waals surface area contributed by atoms with Crippen LogP contribution in [0.25, 0.3) is 22.8 Å². The summed E-state index contributed by atoms with van der Waals surface area (Å²) in [6.07, 6.45) is 2.49. The Kier molecular flexibility index (Phi) is 3.83. The van der Waals surface area contributed by atoms with E-state index in [1.807, 2.05) is 6.07 Å². The van der Waals surface area contributed by atoms with Crippen molar-refractivity contribution >= 4 is 10.0 Å². The molecule has 25 heavy (non-hydrogen) atoms. The summed E-state index contributed by atoms with van der Waals surface area (Å²) in [6, 6.07) is 7.89. The van der Waals surface area contributed by atoms with E-state index in [1.165, 1.54) is 12.1 Å². The maximum Gasteiger partial charge on any atom is 0.259 e. The van der Waals surface area contributed by atoms with Crippen LogP contribution in [0, 0.1) is 0 Å². The number of nitrogens with two attached hydrogens (primary N) is 1. The van der Waals surface area contributed by atoms with Gasteiger partial charge in [-0.1, -0.05) is 5.16 Å². The molecule has 0 saturated heterocycles. The van der Waals surface area contributed by atoms with E-state index in [2.05, 4.69) is 15.1 Å². The molecule has 0 unspecified atom stereocenters. The molecule has 0 fully saturated rings. The lowest BCUT2D eigenvalue weighted by Crippen LogP contribution is -2.11. The van der Waals surface area contributed by atoms with Gasteiger partial charge in [0.1, 0.15) is 0 Å². The number of nitrogens with zero attached hydrogens (tertiary/aromatic N) is 3. The maximum atomic E-state index is 11.3. The van der Waals surface area contributed by atoms with Crippen LogP contribution in [0.4, 0.5) is 0 Å². The van der Waals surface area contributed by atoms with Crippen molar-refractivity contribution < 1.29 is 17.7 Å². The predicted octanol–water partition coefficient (Wildman–Crippen LogP) is 1.52. The summed E-state index contributed by atoms with van der Waals surface area (Å²) in [7, 11) is -3.73. The van der Waals surface area contributed by atoms with Crippen molar-refractivity contribution in [2.45, 2.75) is 17.9 Å². The van der Waals surface area contributed by atoms with Crippen LogP contribution in [0.5, 0.6) is 0 Å². The Balaban J connectivity index is 1.64. The Morgan fingerprint density at radius 2 is 1.92 bits per heavy atom. The first kappa shape index (κ1) is 15.9. The summed E-state index contributed by atoms with van der Waals surface area (Å²) >= 11 is 0. The molecular formula is C16H14N4O4S. The van der Waals surface area contributed by atoms with Crippen LogP contribution < -0.4 is 5.14 Å². The molecule has 2 N–H and O–H groups in total. The molecule has 9 heteroatoms. The zero-order valence-corrected chi connectivity index (χ0v) is 13.9. The molecule has 1 aliphatic rings. The summed E-state index contributed by atoms with van der Waals surface area (Å²) in [4.78, 5) is 8.81. The Bertz CT molecular complexity index is 1030. The van der Waals surface area contributed by atoms with Crippen molar-refractivity contribution in [2.75, 3.05) is 6.61 Å². The second-order valence-corrected chi connectivity index (χ2v) is 7.19. The van der Waals surface area contributed by atoms with Gasteiger partial charge in [0.2, 0.25) is 15.8 Å². The van der Waals surface area contributed by atoms with Gasteiger partial charge in [-0.05, 0) is 30.3 Å². The van der Waals surface area contributed by atoms with Gasteiger partial charge >= 0.3 is 0 Å². The molecule has 0 saturated carbocycles. The number of rotatable bonds is 3. The van der Waals surface area contributed by atoms with Crippen molar-refractivity contribution in [1.82, 2.24) is 15.1 Å². The number of benzene rings is 1. The van der Waals surface area contributed by atoms with E-state index in [1.54, 1.807) is 18.3 Å². The first-order chi connectivity index (χ1) is 12.0. The van der Waals surface area contributed by atoms with E-state index in [-0.39, 0.29) is 4.90 Å². The highest BCUT2D eigenvalue weighted by Crippen LogP contribution is 2.25. The molecule has 4 rings (SSSR count). The topological polar surface area (TPSA) is 121 Å². The van der Waals surface area contributed by atoms with E-state index in [9.17, 15) is 8.42 Å². The average Bonchev–Trinajstić information content (AvgIpc) is 3.11. The Morgan fingerprint density at radius 1 is 1.12 bits per heavy atom. The molecular weight excluding hydrogens is 344 g/mol. The van der Waals surface area contributed by atoms with Gasteiger partial charge in [0.15, 0.2) is 0 Å². The summed E-state index contributed by atoms with van der Waals surface area (Å²) < 4.78 is 33.3. The second-order valence-electron chi connectivity index (χ2n) is 5.62. The normalized spacial score (nSPS) is 14.3. The first-order valence-corrected chi connectivity index (χ1v) is 9.08. The SMILES string of the molecule is NS(=O)(=O)c1ccc(-c2noc(-c3cnc4c(c3)COCC4)n2)cc1. The molecule has 3 aromatic rings. The fourth-order valence-electron chi connectivity index (χ4n) is 2.61. The molecule has 0 amide bonds. The third kappa shape index (κ3) is 3.16. The van der Waals surface area contributed by atoms with Crippen molar-refractivity contribution in [3.05, 3.63) is 47.8 Å². The largest absolute Gasteiger partial charge is 0.376 e. The van der Waals surface area contributed by atoms with Gasteiger partial charge < -0.3 is 9.26 Å². The van der Waals surface area contributed by atoms with Gasteiger partial charge in [0.05, 0.1) is 23.7 Å². The number of primary sulfonamides is 1. The van der Waals surface area contributed by atoms with Crippen molar-refractivity contribution in [1.29, 1.82) is 0 Å². The lowest BCUT2D eigenvalue weighted by atomic mass is 10.1. The van der Waals surface area contributed by atoms with Crippen LogP contribution in [0.2, 0.25) is 0 Å². The molecule has 0 bridgehead atoms. The number of fused-ring (bicyclic) bond motifs is 1. The minimum atomic E-state index is -3.73. The van der Waals surface area contributed by atoms with Crippen molar-refractivity contribution in [2.24, 2.45) is 5.14 Å². The number of sulfonamides is 1. The third-order valence-electron chi connectivity index (χ3n) is 3.91. The van der Waals surface area contributed by atoms with Crippen LogP contribution in [-0.4, -0.2) is 30.1 Å². The fourth-order valence-corrected chi connectivity index (χ4v) is 3.12. The van der Waals surface area contributed by atoms with Crippen LogP contribution in [-0.2, 0) is 27.8 Å². The Hall–Kier alpha value is -2.62. The number of ether oxygens (including phenoxy) is 1. The summed E-state index contributed by atoms with van der Waals surface area (Å²) in [5.74, 6) is 0.691. The monoisotopic (exact) mass is 358 g/mol. The third-order valence-corrected chi connectivity index (χ3v) is 4.84. The Morgan fingerprint density at radius 3 is 2.68 bits per heavy atom. The highest BCUT2D eigenvalue weighted by Gasteiger charge is 2.16. The van der Waals surface area contributed by atoms with Crippen LogP contribution in [0.1, 0.15) is 11.3 Å². The van der Waals surface area contributed by atoms with Crippen LogP contribution in [0.15, 0.2) is 45.9 Å². The number of pyridine rings is 1. The van der Waals surface area contributed by atoms with E-state index >= 15 is 0 Å². The highest BCUT2D eigenvalue weighted by molar-refractivity contribution is 7.89. The first-order valence-electron chi connectivity index (χ1n) is 7.53. The molecule has 1 aliphatic heterocycles. The fraction of sp³-hybridized carbons (Fsp3) is 0.188. The molecule has 0 atom stereocenters. The molecule has 3 heterocycles. The molecule has 8 nitrogen and oxygen atoms in total. The predicted molar refractivity (Wildman–Crippen MR) is 87.7 cm³/mol. The molecule has 1 aromatic carbocycles. The van der Waals surface area contributed by atoms with E-state index in [0.717, 1.165) is 17.7 Å². The van der Waals surface area contributed by atoms with E-state index in [0.29, 0.717) is 36.1 Å². The minimum Gasteiger partial charge on any atom is -0.376 e. The number of aromatic nitrogens is 3. The molecule has 0 radical (unpaired) electrons. The average molecular weight is 358 g/mol. The highest BCUT2D eigenvalue weighted by atomic mass is 32.2. The molecule has 2 aromatic heterocycles. The van der Waals surface area contributed by atoms with Crippen molar-refractivity contribution in [3.63, 3.8) is 0 Å². The van der Waals surface area contributed by atoms with Gasteiger partial charge in [-0.3, -0.25) is 4.98 Å². The number of hydrogen-bond donors (Lipinski definition) is 1. The standard InChI is InChI=1S/C16H14N4O4S/c17-25(21,22)13-3-1-10(2-4-13)15-19-16(24-20-15)11-7-12-9-23-6-5-14(12)18-8-11/h1-4,7-8H,5-6,9H2,(H2,17,21,22).